The average Bonchev–Trinajstić information content (AvgIpc) is 0.712. The number of aromatic hydroxyl groups is 6. The van der Waals surface area contributed by atoms with Gasteiger partial charge in [0, 0.05) is 135 Å². The summed E-state index contributed by atoms with van der Waals surface area (Å²) in [6.45, 7) is 0.275. The van der Waals surface area contributed by atoms with Crippen molar-refractivity contribution in [2.45, 2.75) is 203 Å². The summed E-state index contributed by atoms with van der Waals surface area (Å²) in [5, 5.41) is 163. The maximum absolute atomic E-state index is 13.9. The highest BCUT2D eigenvalue weighted by Gasteiger charge is 2.53. The van der Waals surface area contributed by atoms with E-state index >= 15 is 0 Å². The van der Waals surface area contributed by atoms with Gasteiger partial charge in [-0.2, -0.15) is 0 Å². The number of methoxy groups -OCH3 is 2. The monoisotopic (exact) mass is 1980 g/mol. The molecule has 24 N–H and O–H groups in total. The quantitative estimate of drug-likeness (QED) is 0.0118. The number of carbonyl (C=O) groups is 14. The second-order valence-electron chi connectivity index (χ2n) is 34.1. The zero-order chi connectivity index (χ0) is 102. The summed E-state index contributed by atoms with van der Waals surface area (Å²) in [7, 11) is 2.61. The molecule has 0 saturated carbocycles. The molecule has 6 aromatic rings. The molecule has 760 valence electrons. The number of primary amides is 2. The lowest BCUT2D eigenvalue weighted by atomic mass is 9.71. The van der Waals surface area contributed by atoms with E-state index in [2.05, 4.69) is 16.4 Å². The highest BCUT2D eigenvalue weighted by molar-refractivity contribution is 6.32. The first-order valence-corrected chi connectivity index (χ1v) is 44.5. The average molecular weight is 1990 g/mol. The van der Waals surface area contributed by atoms with Crippen molar-refractivity contribution < 1.29 is 209 Å². The molecule has 12 atom stereocenters. The smallest absolute Gasteiger partial charge is 0.303 e. The number of ether oxygens (including phenoxy) is 10. The number of rotatable bonds is 44. The van der Waals surface area contributed by atoms with Gasteiger partial charge >= 0.3 is 5.97 Å². The number of hydrogen-bond donors (Lipinski definition) is 20. The van der Waals surface area contributed by atoms with Crippen LogP contribution >= 0.6 is 0 Å². The standard InChI is InChI=1S/C48H56N2O19.C27H29NO11.C20H28N2O9.ClH/c1-23-41(57)25(16-27(54)8-4-7-26(53)9-5-13-66-14-15-67-22-34(56)50-30-11-12-31(65-2)38(44(30)60)47(49)63)17-35(68-23)69-32-19-48(64,33(55)21-52)18-29-37(32)46(62)40-39(43(29)59)42(58)28-10-3-6-24(20-51)36(28)45(40)61;1-10-22(32)14(28)5-17(38-10)39-15-7-27(37,16(31)9-30)6-13-19(15)26(36)21-20(24(13)34)23(33)12-4-2-3-11(8-29)18(12)25(21)35;1-29-15-8-7-14(19(27)18(15)20(21)28)22-16(24)12-31-11-10-30-9-3-5-13(23)4-2-6-17(25)26;/h3,6,10-12,23,25,32,35,41,51-52,57,59-60,62,64H,4-5,7-9,13-22H2,1-2H3,(H2,49,63)(H,50,56);2-4,10,14-15,17,22,29-30,32,34,36-37H,5-9,28H2,1H3;7-8,27H,2-6,9-12H2,1H3,(H2,21,28)(H,22,24)(H,25,26);1H/t23-,25-,32+,35?,41+,48-;10-,14-,15+,17?,22+,27-;;/m00../s1. The maximum Gasteiger partial charge on any atom is 0.303 e. The third-order valence-corrected chi connectivity index (χ3v) is 24.6. The van der Waals surface area contributed by atoms with Gasteiger partial charge in [0.1, 0.15) is 113 Å². The van der Waals surface area contributed by atoms with Gasteiger partial charge in [0.2, 0.25) is 11.8 Å². The molecular formula is C95H114ClN5O39. The van der Waals surface area contributed by atoms with E-state index in [1.165, 1.54) is 81.8 Å². The van der Waals surface area contributed by atoms with Gasteiger partial charge in [-0.15, -0.1) is 0 Å². The van der Waals surface area contributed by atoms with Crippen LogP contribution < -0.4 is 49.7 Å². The number of phenols is 6. The molecule has 2 aliphatic heterocycles. The molecule has 0 radical (unpaired) electrons. The van der Waals surface area contributed by atoms with Crippen LogP contribution in [-0.2, 0) is 102 Å². The lowest BCUT2D eigenvalue weighted by molar-refractivity contribution is -0.466. The Morgan fingerprint density at radius 1 is 0.471 bits per heavy atom. The van der Waals surface area contributed by atoms with Gasteiger partial charge in [-0.1, -0.05) is 36.4 Å². The van der Waals surface area contributed by atoms with Crippen LogP contribution in [-0.4, -0.2) is 293 Å². The number of carboxylic acid groups (broad SMARTS) is 1. The largest absolute Gasteiger partial charge is 1.00 e. The first-order valence-electron chi connectivity index (χ1n) is 44.5. The van der Waals surface area contributed by atoms with Gasteiger partial charge in [-0.25, -0.2) is 0 Å². The normalized spacial score (nSPS) is 21.4. The van der Waals surface area contributed by atoms with Crippen LogP contribution in [0.4, 0.5) is 11.4 Å². The van der Waals surface area contributed by atoms with E-state index in [-0.39, 0.29) is 223 Å². The molecule has 4 aliphatic carbocycles. The van der Waals surface area contributed by atoms with Crippen molar-refractivity contribution in [2.24, 2.45) is 17.4 Å². The molecule has 140 heavy (non-hydrogen) atoms. The number of ketones is 9. The van der Waals surface area contributed by atoms with E-state index in [1.54, 1.807) is 6.92 Å². The Hall–Kier alpha value is -12.3. The zero-order valence-electron chi connectivity index (χ0n) is 76.8. The van der Waals surface area contributed by atoms with Gasteiger partial charge in [-0.3, -0.25) is 67.1 Å². The predicted molar refractivity (Wildman–Crippen MR) is 477 cm³/mol. The second-order valence-corrected chi connectivity index (χ2v) is 34.1. The van der Waals surface area contributed by atoms with Crippen molar-refractivity contribution in [1.82, 2.24) is 0 Å². The number of phenolic OH excluding ortho intramolecular Hbond substituents is 4. The van der Waals surface area contributed by atoms with E-state index < -0.39 is 246 Å². The zero-order valence-corrected chi connectivity index (χ0v) is 77.6. The number of amides is 4. The van der Waals surface area contributed by atoms with Crippen LogP contribution in [0.5, 0.6) is 46.0 Å². The summed E-state index contributed by atoms with van der Waals surface area (Å²) >= 11 is 0. The lowest BCUT2D eigenvalue weighted by Crippen LogP contribution is -3.00. The van der Waals surface area contributed by atoms with Gasteiger partial charge in [0.15, 0.2) is 58.8 Å². The number of aliphatic hydroxyl groups excluding tert-OH is 6. The maximum atomic E-state index is 13.9. The van der Waals surface area contributed by atoms with Crippen LogP contribution in [0.2, 0.25) is 0 Å². The number of aliphatic carboxylic acids is 1. The fourth-order valence-electron chi connectivity index (χ4n) is 17.6. The predicted octanol–water partition coefficient (Wildman–Crippen LogP) is -1.41. The number of nitrogens with two attached hydrogens (primary N) is 2. The Morgan fingerprint density at radius 3 is 1.24 bits per heavy atom. The Morgan fingerprint density at radius 2 is 0.850 bits per heavy atom. The van der Waals surface area contributed by atoms with Crippen molar-refractivity contribution in [3.8, 4) is 46.0 Å². The van der Waals surface area contributed by atoms with Crippen molar-refractivity contribution in [1.29, 1.82) is 0 Å². The number of benzene rings is 6. The molecule has 2 fully saturated rings. The summed E-state index contributed by atoms with van der Waals surface area (Å²) in [6, 6.07) is 13.4. The SMILES string of the molecule is COc1ccc(NC(=O)COCCOCCCC(=O)CCCC(=O)C[C@H]2CC(O[C@@H]3C[C@](O)(C(=O)CO)Cc4c(O)c5c(c(O)c43)C(=O)c3c(CO)cccc3C5=O)O[C@@H](C)[C@H]2O)c(O)c1C(N)=O.COc1ccc(NC(=O)COCCOCCCC(=O)CCCC(=O)O)c(O)c1C(N)=O.C[C@@H]1OC(O[C@@H]2C[C@](O)(C(=O)CO)Cc3c(O)c4c(c(O)c32)C(=O)c2c(CO)cccc2C4=O)C[C@H]([NH3+])[C@@H]1O.[Cl-]. The number of hydrogen-bond acceptors (Lipinski definition) is 38. The molecule has 2 unspecified atom stereocenters. The summed E-state index contributed by atoms with van der Waals surface area (Å²) < 4.78 is 55.2. The van der Waals surface area contributed by atoms with Crippen LogP contribution in [0, 0.1) is 5.92 Å². The summed E-state index contributed by atoms with van der Waals surface area (Å²) in [6.07, 6.45) is -8.70. The highest BCUT2D eigenvalue weighted by atomic mass is 35.5. The highest BCUT2D eigenvalue weighted by Crippen LogP contribution is 2.55. The summed E-state index contributed by atoms with van der Waals surface area (Å²) in [5.74, 6) is -14.2. The minimum absolute atomic E-state index is 0. The first-order chi connectivity index (χ1) is 66.0. The molecule has 45 heteroatoms. The number of fused-ring (bicyclic) bond motifs is 6. The Labute approximate surface area is 805 Å². The Balaban J connectivity index is 0.000000259. The molecule has 6 aromatic carbocycles. The van der Waals surface area contributed by atoms with E-state index in [0.29, 0.717) is 32.3 Å². The lowest BCUT2D eigenvalue weighted by Gasteiger charge is -2.42. The fourth-order valence-corrected chi connectivity index (χ4v) is 17.6. The molecule has 2 saturated heterocycles. The second kappa shape index (κ2) is 49.7. The molecule has 0 bridgehead atoms. The van der Waals surface area contributed by atoms with E-state index in [4.69, 9.17) is 63.9 Å². The fraction of sp³-hybridized carbons (Fsp3) is 0.474. The van der Waals surface area contributed by atoms with Crippen LogP contribution in [0.1, 0.15) is 240 Å². The van der Waals surface area contributed by atoms with E-state index in [1.807, 2.05) is 0 Å². The minimum Gasteiger partial charge on any atom is -1.00 e. The van der Waals surface area contributed by atoms with Crippen molar-refractivity contribution in [3.05, 3.63) is 150 Å². The number of quaternary nitrogens is 1. The van der Waals surface area contributed by atoms with Crippen LogP contribution in [0.3, 0.4) is 0 Å². The first kappa shape index (κ1) is 111. The topological polar surface area (TPSA) is 738 Å². The third kappa shape index (κ3) is 25.7. The molecule has 0 spiro atoms. The van der Waals surface area contributed by atoms with Gasteiger partial charge < -0.3 is 164 Å². The molecule has 0 aromatic heterocycles. The molecule has 6 aliphatic rings. The van der Waals surface area contributed by atoms with Crippen molar-refractivity contribution >= 4 is 93.0 Å². The van der Waals surface area contributed by atoms with Crippen LogP contribution in [0.25, 0.3) is 0 Å². The van der Waals surface area contributed by atoms with Gasteiger partial charge in [0.05, 0.1) is 124 Å². The molecule has 2 heterocycles. The van der Waals surface area contributed by atoms with Gasteiger partial charge in [0.25, 0.3) is 11.8 Å². The van der Waals surface area contributed by atoms with Crippen LogP contribution in [0.15, 0.2) is 60.7 Å². The summed E-state index contributed by atoms with van der Waals surface area (Å²) in [5.41, 5.74) is 6.03. The molecule has 12 rings (SSSR count). The number of Topliss-reactive ketones (excluding diaryl/α,β-unsaturated/α-hetero) is 5. The molecular weight excluding hydrogens is 1870 g/mol. The Bertz CT molecular complexity index is 5680. The number of carboxylic acids is 1. The molecule has 44 nitrogen and oxygen atoms in total. The number of carbonyl (C=O) groups excluding carboxylic acids is 13. The van der Waals surface area contributed by atoms with Gasteiger partial charge in [-0.05, 0) is 80.8 Å². The van der Waals surface area contributed by atoms with Crippen molar-refractivity contribution in [3.63, 3.8) is 0 Å². The molecule has 4 amide bonds. The number of nitrogens with one attached hydrogen (secondary N) is 2. The number of anilines is 2. The number of halogens is 1. The van der Waals surface area contributed by atoms with Crippen molar-refractivity contribution in [2.75, 3.05) is 90.9 Å². The third-order valence-electron chi connectivity index (χ3n) is 24.6. The summed E-state index contributed by atoms with van der Waals surface area (Å²) in [4.78, 5) is 175. The van der Waals surface area contributed by atoms with E-state index in [9.17, 15) is 139 Å². The number of aliphatic hydroxyl groups is 8. The van der Waals surface area contributed by atoms with E-state index in [0.717, 1.165) is 0 Å². The minimum atomic E-state index is -2.38. The Kier molecular flexibility index (Phi) is 39.5.